The molecule has 0 saturated carbocycles. The summed E-state index contributed by atoms with van der Waals surface area (Å²) in [5.74, 6) is -12.2. The molecule has 0 rings (SSSR count). The smallest absolute Gasteiger partial charge is 0.330 e. The first-order valence-electron chi connectivity index (χ1n) is 6.61. The Morgan fingerprint density at radius 3 is 1.00 bits per heavy atom. The standard InChI is InChI=1S/C13H19F7O6/c1-21-12(22-2,23-3)8(13(24-4,25-5)26-6)7(10(15,16)17)9(14)11(18,19)20/h8H,1-6H3/b9-7-. The van der Waals surface area contributed by atoms with Crippen LogP contribution in [0.25, 0.3) is 0 Å². The van der Waals surface area contributed by atoms with Gasteiger partial charge in [0.2, 0.25) is 5.83 Å². The van der Waals surface area contributed by atoms with Gasteiger partial charge in [0.25, 0.3) is 11.9 Å². The second-order valence-electron chi connectivity index (χ2n) is 4.59. The van der Waals surface area contributed by atoms with E-state index in [9.17, 15) is 30.7 Å². The highest BCUT2D eigenvalue weighted by Crippen LogP contribution is 2.50. The maximum atomic E-state index is 13.9. The summed E-state index contributed by atoms with van der Waals surface area (Å²) in [6.45, 7) is 0. The monoisotopic (exact) mass is 404 g/mol. The molecule has 0 aromatic rings. The lowest BCUT2D eigenvalue weighted by molar-refractivity contribution is -0.465. The zero-order valence-corrected chi connectivity index (χ0v) is 14.7. The van der Waals surface area contributed by atoms with Crippen molar-refractivity contribution in [2.75, 3.05) is 42.7 Å². The molecule has 0 aliphatic rings. The molecule has 6 nitrogen and oxygen atoms in total. The first kappa shape index (κ1) is 25.0. The van der Waals surface area contributed by atoms with Crippen molar-refractivity contribution in [3.05, 3.63) is 11.4 Å². The minimum Gasteiger partial charge on any atom is -0.330 e. The molecule has 0 aliphatic heterocycles. The first-order valence-corrected chi connectivity index (χ1v) is 6.61. The number of methoxy groups -OCH3 is 6. The minimum absolute atomic E-state index is 0.755. The maximum absolute atomic E-state index is 13.9. The van der Waals surface area contributed by atoms with Crippen LogP contribution in [0, 0.1) is 5.92 Å². The predicted octanol–water partition coefficient (Wildman–Crippen LogP) is 3.14. The fraction of sp³-hybridized carbons (Fsp3) is 0.846. The molecule has 156 valence electrons. The maximum Gasteiger partial charge on any atom is 0.443 e. The number of halogens is 7. The normalized spacial score (nSPS) is 15.5. The van der Waals surface area contributed by atoms with Crippen molar-refractivity contribution in [2.45, 2.75) is 24.3 Å². The summed E-state index contributed by atoms with van der Waals surface area (Å²) in [6.07, 6.45) is -11.9. The fourth-order valence-electron chi connectivity index (χ4n) is 2.34. The van der Waals surface area contributed by atoms with Gasteiger partial charge in [0.1, 0.15) is 0 Å². The SMILES string of the molecule is COC(OC)(OC)C(/C(=C(/F)C(F)(F)F)C(F)(F)F)C(OC)(OC)OC. The molecule has 0 aliphatic carbocycles. The van der Waals surface area contributed by atoms with E-state index in [-0.39, 0.29) is 0 Å². The van der Waals surface area contributed by atoms with Crippen LogP contribution >= 0.6 is 0 Å². The average molecular weight is 404 g/mol. The third kappa shape index (κ3) is 4.64. The molecule has 0 saturated heterocycles. The second-order valence-corrected chi connectivity index (χ2v) is 4.59. The van der Waals surface area contributed by atoms with Gasteiger partial charge in [-0.1, -0.05) is 0 Å². The third-order valence-corrected chi connectivity index (χ3v) is 3.49. The predicted molar refractivity (Wildman–Crippen MR) is 71.3 cm³/mol. The Morgan fingerprint density at radius 2 is 0.846 bits per heavy atom. The number of alkyl halides is 6. The molecule has 0 spiro atoms. The van der Waals surface area contributed by atoms with Crippen molar-refractivity contribution in [2.24, 2.45) is 5.92 Å². The van der Waals surface area contributed by atoms with Crippen LogP contribution in [0.4, 0.5) is 30.7 Å². The molecular formula is C13H19F7O6. The van der Waals surface area contributed by atoms with E-state index in [0.717, 1.165) is 42.7 Å². The van der Waals surface area contributed by atoms with Gasteiger partial charge in [0, 0.05) is 42.7 Å². The summed E-state index contributed by atoms with van der Waals surface area (Å²) in [5, 5.41) is 0. The molecule has 0 aromatic heterocycles. The lowest BCUT2D eigenvalue weighted by Gasteiger charge is -2.45. The van der Waals surface area contributed by atoms with Gasteiger partial charge in [0.15, 0.2) is 5.92 Å². The molecular weight excluding hydrogens is 385 g/mol. The van der Waals surface area contributed by atoms with Crippen LogP contribution in [0.15, 0.2) is 11.4 Å². The van der Waals surface area contributed by atoms with Gasteiger partial charge in [-0.05, 0) is 0 Å². The van der Waals surface area contributed by atoms with E-state index in [1.165, 1.54) is 0 Å². The molecule has 0 atom stereocenters. The molecule has 0 amide bonds. The Hall–Kier alpha value is -0.990. The Bertz CT molecular complexity index is 444. The van der Waals surface area contributed by atoms with E-state index in [4.69, 9.17) is 28.4 Å². The third-order valence-electron chi connectivity index (χ3n) is 3.49. The van der Waals surface area contributed by atoms with Crippen molar-refractivity contribution in [1.82, 2.24) is 0 Å². The molecule has 26 heavy (non-hydrogen) atoms. The van der Waals surface area contributed by atoms with E-state index >= 15 is 0 Å². The highest BCUT2D eigenvalue weighted by atomic mass is 19.4. The van der Waals surface area contributed by atoms with E-state index in [2.05, 4.69) is 0 Å². The van der Waals surface area contributed by atoms with E-state index in [1.807, 2.05) is 0 Å². The Labute approximate surface area is 144 Å². The molecule has 0 bridgehead atoms. The topological polar surface area (TPSA) is 55.4 Å². The van der Waals surface area contributed by atoms with Crippen LogP contribution in [-0.2, 0) is 28.4 Å². The van der Waals surface area contributed by atoms with Gasteiger partial charge in [-0.3, -0.25) is 0 Å². The fourth-order valence-corrected chi connectivity index (χ4v) is 2.34. The van der Waals surface area contributed by atoms with Crippen LogP contribution in [0.2, 0.25) is 0 Å². The zero-order chi connectivity index (χ0) is 21.0. The van der Waals surface area contributed by atoms with Crippen LogP contribution in [0.3, 0.4) is 0 Å². The number of ether oxygens (including phenoxy) is 6. The molecule has 0 radical (unpaired) electrons. The largest absolute Gasteiger partial charge is 0.443 e. The molecule has 0 fully saturated rings. The van der Waals surface area contributed by atoms with Gasteiger partial charge in [-0.15, -0.1) is 0 Å². The number of allylic oxidation sites excluding steroid dienone is 1. The summed E-state index contributed by atoms with van der Waals surface area (Å²) in [6, 6.07) is 0. The zero-order valence-electron chi connectivity index (χ0n) is 14.7. The van der Waals surface area contributed by atoms with Gasteiger partial charge in [0.05, 0.1) is 5.57 Å². The molecule has 0 aromatic carbocycles. The van der Waals surface area contributed by atoms with Crippen LogP contribution in [0.1, 0.15) is 0 Å². The molecule has 0 unspecified atom stereocenters. The summed E-state index contributed by atoms with van der Waals surface area (Å²) < 4.78 is 121. The first-order chi connectivity index (χ1) is 11.8. The molecule has 0 heterocycles. The van der Waals surface area contributed by atoms with Crippen molar-refractivity contribution in [3.8, 4) is 0 Å². The van der Waals surface area contributed by atoms with Crippen molar-refractivity contribution in [3.63, 3.8) is 0 Å². The van der Waals surface area contributed by atoms with E-state index in [0.29, 0.717) is 0 Å². The quantitative estimate of drug-likeness (QED) is 0.435. The summed E-state index contributed by atoms with van der Waals surface area (Å²) in [5.41, 5.74) is -2.78. The number of hydrogen-bond donors (Lipinski definition) is 0. The molecule has 13 heteroatoms. The summed E-state index contributed by atoms with van der Waals surface area (Å²) >= 11 is 0. The van der Waals surface area contributed by atoms with Gasteiger partial charge in [-0.25, -0.2) is 4.39 Å². The second kappa shape index (κ2) is 8.80. The number of hydrogen-bond acceptors (Lipinski definition) is 6. The number of rotatable bonds is 9. The van der Waals surface area contributed by atoms with Crippen LogP contribution in [0.5, 0.6) is 0 Å². The van der Waals surface area contributed by atoms with Crippen LogP contribution < -0.4 is 0 Å². The highest BCUT2D eigenvalue weighted by molar-refractivity contribution is 5.24. The Morgan fingerprint density at radius 1 is 0.577 bits per heavy atom. The summed E-state index contributed by atoms with van der Waals surface area (Å²) in [4.78, 5) is 0. The lowest BCUT2D eigenvalue weighted by Crippen LogP contribution is -2.60. The Balaban J connectivity index is 7.21. The van der Waals surface area contributed by atoms with Crippen molar-refractivity contribution in [1.29, 1.82) is 0 Å². The van der Waals surface area contributed by atoms with Crippen molar-refractivity contribution < 1.29 is 59.2 Å². The highest BCUT2D eigenvalue weighted by Gasteiger charge is 2.65. The van der Waals surface area contributed by atoms with E-state index in [1.54, 1.807) is 0 Å². The lowest BCUT2D eigenvalue weighted by atomic mass is 9.91. The minimum atomic E-state index is -6.00. The molecule has 0 N–H and O–H groups in total. The van der Waals surface area contributed by atoms with Gasteiger partial charge in [-0.2, -0.15) is 26.3 Å². The van der Waals surface area contributed by atoms with Crippen molar-refractivity contribution >= 4 is 0 Å². The van der Waals surface area contributed by atoms with Crippen LogP contribution in [-0.4, -0.2) is 67.0 Å². The van der Waals surface area contributed by atoms with E-state index < -0.39 is 41.6 Å². The average Bonchev–Trinajstić information content (AvgIpc) is 2.56. The Kier molecular flexibility index (Phi) is 8.46. The van der Waals surface area contributed by atoms with Gasteiger partial charge >= 0.3 is 12.4 Å². The van der Waals surface area contributed by atoms with Gasteiger partial charge < -0.3 is 28.4 Å². The summed E-state index contributed by atoms with van der Waals surface area (Å²) in [7, 11) is 4.53.